The maximum absolute atomic E-state index is 11.5. The summed E-state index contributed by atoms with van der Waals surface area (Å²) in [6, 6.07) is 0. The molecule has 3 aliphatic rings. The number of nitrogens with two attached hydrogens (primary N) is 1. The minimum atomic E-state index is -2.60. The molecule has 3 heterocycles. The Hall–Kier alpha value is -2.16. The monoisotopic (exact) mass is 811 g/mol. The number of rotatable bonds is 20. The lowest BCUT2D eigenvalue weighted by Gasteiger charge is -2.46. The summed E-state index contributed by atoms with van der Waals surface area (Å²) < 4.78 is 39.1. The van der Waals surface area contributed by atoms with Gasteiger partial charge >= 0.3 is 0 Å². The summed E-state index contributed by atoms with van der Waals surface area (Å²) >= 11 is 0. The zero-order chi connectivity index (χ0) is 41.1. The molecule has 0 aromatic carbocycles. The number of ether oxygens (including phenoxy) is 7. The third-order valence-corrected chi connectivity index (χ3v) is 8.83. The normalized spacial score (nSPS) is 37.6. The van der Waals surface area contributed by atoms with E-state index in [1.807, 2.05) is 0 Å². The van der Waals surface area contributed by atoms with Gasteiger partial charge in [0.05, 0.1) is 18.8 Å². The van der Waals surface area contributed by atoms with Gasteiger partial charge in [-0.2, -0.15) is 0 Å². The Morgan fingerprint density at radius 1 is 0.673 bits per heavy atom. The highest BCUT2D eigenvalue weighted by atomic mass is 17.1. The van der Waals surface area contributed by atoms with Crippen LogP contribution in [0, 0.1) is 0 Å². The standard InChI is InChI=1S/C30H53NO24/c1-10-7-14(54-44)18(38)28(46-10)50-22(13(36)4-6-33)20(40)26(42)49-23-16(9-34)48-30(52-25(27(43)53-31)17(37)12(35)3-5-32)21(41)24(23)51-29-19(39)15(55-45)8-11(2)47-29/h10-16,18-19,21,23-24,26-30,32-45H,3-9,31H2,1-2H3/b22-20-,25-17-/t10?,11?,12-,13-,14?,15?,16?,18?,19?,21?,23-,24?,26+,27?,28+,29+,30-/m1/s1. The van der Waals surface area contributed by atoms with Crippen LogP contribution in [-0.2, 0) is 47.8 Å². The van der Waals surface area contributed by atoms with Crippen molar-refractivity contribution in [3.63, 3.8) is 0 Å². The van der Waals surface area contributed by atoms with Gasteiger partial charge in [0.2, 0.25) is 25.2 Å². The molecule has 0 aromatic heterocycles. The third-order valence-electron chi connectivity index (χ3n) is 8.83. The lowest BCUT2D eigenvalue weighted by Crippen LogP contribution is -2.64. The topological polar surface area (TPSA) is 402 Å². The first kappa shape index (κ1) is 47.2. The number of hydrogen-bond acceptors (Lipinski definition) is 25. The van der Waals surface area contributed by atoms with Crippen LogP contribution < -0.4 is 5.90 Å². The molecule has 3 aliphatic heterocycles. The van der Waals surface area contributed by atoms with E-state index < -0.39 is 160 Å². The van der Waals surface area contributed by atoms with Gasteiger partial charge in [0.25, 0.3) is 0 Å². The summed E-state index contributed by atoms with van der Waals surface area (Å²) in [6.07, 6.45) is -30.9. The Morgan fingerprint density at radius 2 is 1.18 bits per heavy atom. The fraction of sp³-hybridized carbons (Fsp3) is 0.867. The summed E-state index contributed by atoms with van der Waals surface area (Å²) in [4.78, 5) is 12.9. The summed E-state index contributed by atoms with van der Waals surface area (Å²) in [5.41, 5.74) is 0. The van der Waals surface area contributed by atoms with Crippen molar-refractivity contribution in [3.05, 3.63) is 23.0 Å². The highest BCUT2D eigenvalue weighted by Crippen LogP contribution is 2.35. The molecule has 3 rings (SSSR count). The SMILES string of the molecule is CC1CC(OO)C(O)[C@H](O/C(=C(\O)[C@@H](O)O[C@@H]2C(CO)O[C@H](O/C(=C(\O)[C@H](O)CCO)C(O)ON)C(O)C2O[C@@H]2OC(C)CC(OO)C2O)[C@H](O)CCO)O1. The van der Waals surface area contributed by atoms with Crippen molar-refractivity contribution < 1.29 is 120 Å². The molecular weight excluding hydrogens is 758 g/mol. The van der Waals surface area contributed by atoms with Crippen LogP contribution in [0.4, 0.5) is 0 Å². The molecule has 0 spiro atoms. The van der Waals surface area contributed by atoms with E-state index in [0.717, 1.165) is 0 Å². The Bertz CT molecular complexity index is 1210. The second-order valence-electron chi connectivity index (χ2n) is 12.9. The fourth-order valence-electron chi connectivity index (χ4n) is 5.93. The highest BCUT2D eigenvalue weighted by molar-refractivity contribution is 5.11. The van der Waals surface area contributed by atoms with Crippen molar-refractivity contribution in [2.24, 2.45) is 5.90 Å². The predicted octanol–water partition coefficient (Wildman–Crippen LogP) is -4.87. The van der Waals surface area contributed by atoms with Crippen molar-refractivity contribution in [3.8, 4) is 0 Å². The average Bonchev–Trinajstić information content (AvgIpc) is 3.16. The Labute approximate surface area is 312 Å². The van der Waals surface area contributed by atoms with E-state index in [1.165, 1.54) is 13.8 Å². The second kappa shape index (κ2) is 22.1. The van der Waals surface area contributed by atoms with E-state index in [4.69, 9.17) is 39.1 Å². The van der Waals surface area contributed by atoms with Crippen LogP contribution in [0.5, 0.6) is 0 Å². The Balaban J connectivity index is 2.05. The van der Waals surface area contributed by atoms with E-state index in [0.29, 0.717) is 0 Å². The van der Waals surface area contributed by atoms with E-state index in [9.17, 15) is 71.8 Å². The molecule has 25 heteroatoms. The zero-order valence-corrected chi connectivity index (χ0v) is 29.7. The average molecular weight is 812 g/mol. The van der Waals surface area contributed by atoms with Gasteiger partial charge < -0.3 is 94.4 Å². The van der Waals surface area contributed by atoms with Crippen LogP contribution in [0.3, 0.4) is 0 Å². The molecular formula is C30H53NO24. The van der Waals surface area contributed by atoms with Crippen molar-refractivity contribution in [1.82, 2.24) is 0 Å². The molecule has 3 saturated heterocycles. The smallest absolute Gasteiger partial charge is 0.236 e. The van der Waals surface area contributed by atoms with Crippen LogP contribution >= 0.6 is 0 Å². The molecule has 3 fully saturated rings. The molecule has 17 atom stereocenters. The first-order valence-electron chi connectivity index (χ1n) is 17.1. The molecule has 0 radical (unpaired) electrons. The number of hydrogen-bond donors (Lipinski definition) is 15. The van der Waals surface area contributed by atoms with Gasteiger partial charge in [-0.15, -0.1) is 0 Å². The summed E-state index contributed by atoms with van der Waals surface area (Å²) in [5, 5.41) is 145. The van der Waals surface area contributed by atoms with Gasteiger partial charge in [-0.25, -0.2) is 15.7 Å². The molecule has 0 amide bonds. The van der Waals surface area contributed by atoms with E-state index in [-0.39, 0.29) is 12.8 Å². The first-order chi connectivity index (χ1) is 26.1. The summed E-state index contributed by atoms with van der Waals surface area (Å²) in [7, 11) is 0. The van der Waals surface area contributed by atoms with Gasteiger partial charge in [0.15, 0.2) is 29.3 Å². The molecule has 25 nitrogen and oxygen atoms in total. The van der Waals surface area contributed by atoms with Gasteiger partial charge in [-0.05, 0) is 13.8 Å². The summed E-state index contributed by atoms with van der Waals surface area (Å²) in [6.45, 7) is 0.607. The van der Waals surface area contributed by atoms with Gasteiger partial charge in [-0.3, -0.25) is 15.4 Å². The van der Waals surface area contributed by atoms with Crippen LogP contribution in [0.2, 0.25) is 0 Å². The molecule has 10 unspecified atom stereocenters. The Kier molecular flexibility index (Phi) is 19.0. The van der Waals surface area contributed by atoms with E-state index >= 15 is 0 Å². The lowest BCUT2D eigenvalue weighted by molar-refractivity contribution is -0.381. The largest absolute Gasteiger partial charge is 0.506 e. The highest BCUT2D eigenvalue weighted by Gasteiger charge is 2.53. The number of aliphatic hydroxyl groups is 12. The predicted molar refractivity (Wildman–Crippen MR) is 171 cm³/mol. The maximum atomic E-state index is 11.5. The molecule has 55 heavy (non-hydrogen) atoms. The van der Waals surface area contributed by atoms with E-state index in [2.05, 4.69) is 14.6 Å². The molecule has 0 aromatic rings. The van der Waals surface area contributed by atoms with Crippen molar-refractivity contribution in [1.29, 1.82) is 0 Å². The molecule has 0 saturated carbocycles. The Morgan fingerprint density at radius 3 is 1.71 bits per heavy atom. The zero-order valence-electron chi connectivity index (χ0n) is 29.7. The number of aliphatic hydroxyl groups excluding tert-OH is 12. The van der Waals surface area contributed by atoms with Gasteiger partial charge in [-0.1, -0.05) is 0 Å². The van der Waals surface area contributed by atoms with Gasteiger partial charge in [0, 0.05) is 38.9 Å². The minimum absolute atomic E-state index is 0.00610. The van der Waals surface area contributed by atoms with Crippen molar-refractivity contribution in [2.45, 2.75) is 144 Å². The quantitative estimate of drug-likeness (QED) is 0.0237. The first-order valence-corrected chi connectivity index (χ1v) is 17.1. The van der Waals surface area contributed by atoms with Crippen LogP contribution in [0.1, 0.15) is 39.5 Å². The van der Waals surface area contributed by atoms with E-state index in [1.54, 1.807) is 0 Å². The third kappa shape index (κ3) is 11.9. The van der Waals surface area contributed by atoms with Crippen molar-refractivity contribution >= 4 is 0 Å². The second-order valence-corrected chi connectivity index (χ2v) is 12.9. The minimum Gasteiger partial charge on any atom is -0.506 e. The molecule has 16 N–H and O–H groups in total. The fourth-order valence-corrected chi connectivity index (χ4v) is 5.93. The maximum Gasteiger partial charge on any atom is 0.236 e. The van der Waals surface area contributed by atoms with Crippen LogP contribution in [0.25, 0.3) is 0 Å². The molecule has 322 valence electrons. The van der Waals surface area contributed by atoms with Crippen LogP contribution in [0.15, 0.2) is 23.0 Å². The van der Waals surface area contributed by atoms with Crippen LogP contribution in [-0.4, -0.2) is 196 Å². The van der Waals surface area contributed by atoms with Crippen molar-refractivity contribution in [2.75, 3.05) is 19.8 Å². The molecule has 0 aliphatic carbocycles. The molecule has 0 bridgehead atoms. The van der Waals surface area contributed by atoms with Gasteiger partial charge in [0.1, 0.15) is 61.0 Å². The lowest BCUT2D eigenvalue weighted by atomic mass is 9.97. The summed E-state index contributed by atoms with van der Waals surface area (Å²) in [5.74, 6) is 0.616.